The molecule has 1 aromatic carbocycles. The number of anilines is 1. The lowest BCUT2D eigenvalue weighted by Gasteiger charge is -2.32. The van der Waals surface area contributed by atoms with Crippen LogP contribution >= 0.6 is 11.5 Å². The SMILES string of the molecule is Cc1nsc(NC(c2ccc(F)cc2F)C(C)(C)C)n1. The van der Waals surface area contributed by atoms with Crippen LogP contribution in [-0.4, -0.2) is 9.36 Å². The van der Waals surface area contributed by atoms with E-state index in [2.05, 4.69) is 14.7 Å². The van der Waals surface area contributed by atoms with Gasteiger partial charge in [0.2, 0.25) is 5.13 Å². The Hall–Kier alpha value is -1.56. The van der Waals surface area contributed by atoms with E-state index in [1.807, 2.05) is 20.8 Å². The largest absolute Gasteiger partial charge is 0.353 e. The molecule has 1 heterocycles. The van der Waals surface area contributed by atoms with Crippen molar-refractivity contribution in [1.29, 1.82) is 0 Å². The van der Waals surface area contributed by atoms with E-state index < -0.39 is 11.6 Å². The number of hydrogen-bond donors (Lipinski definition) is 1. The average molecular weight is 297 g/mol. The molecular weight excluding hydrogens is 280 g/mol. The molecule has 2 aromatic rings. The van der Waals surface area contributed by atoms with E-state index in [-0.39, 0.29) is 11.5 Å². The summed E-state index contributed by atoms with van der Waals surface area (Å²) in [6, 6.07) is 3.32. The van der Waals surface area contributed by atoms with Crippen LogP contribution in [0.4, 0.5) is 13.9 Å². The monoisotopic (exact) mass is 297 g/mol. The van der Waals surface area contributed by atoms with Crippen molar-refractivity contribution in [2.45, 2.75) is 33.7 Å². The molecule has 108 valence electrons. The molecule has 0 aliphatic rings. The van der Waals surface area contributed by atoms with Gasteiger partial charge in [-0.15, -0.1) is 0 Å². The molecule has 1 N–H and O–H groups in total. The van der Waals surface area contributed by atoms with Gasteiger partial charge in [0.15, 0.2) is 0 Å². The summed E-state index contributed by atoms with van der Waals surface area (Å²) in [5.41, 5.74) is 0.157. The zero-order valence-electron chi connectivity index (χ0n) is 11.9. The van der Waals surface area contributed by atoms with Gasteiger partial charge in [0.25, 0.3) is 0 Å². The van der Waals surface area contributed by atoms with Crippen LogP contribution in [0.1, 0.15) is 38.2 Å². The topological polar surface area (TPSA) is 37.8 Å². The third-order valence-corrected chi connectivity index (χ3v) is 3.67. The van der Waals surface area contributed by atoms with E-state index in [1.54, 1.807) is 6.92 Å². The van der Waals surface area contributed by atoms with Crippen LogP contribution in [0.3, 0.4) is 0 Å². The number of aromatic nitrogens is 2. The van der Waals surface area contributed by atoms with E-state index in [9.17, 15) is 8.78 Å². The van der Waals surface area contributed by atoms with Crippen molar-refractivity contribution in [1.82, 2.24) is 9.36 Å². The van der Waals surface area contributed by atoms with Gasteiger partial charge in [-0.1, -0.05) is 26.8 Å². The molecule has 2 rings (SSSR count). The van der Waals surface area contributed by atoms with Crippen LogP contribution in [0.25, 0.3) is 0 Å². The van der Waals surface area contributed by atoms with E-state index in [0.717, 1.165) is 6.07 Å². The summed E-state index contributed by atoms with van der Waals surface area (Å²) in [7, 11) is 0. The minimum atomic E-state index is -0.578. The molecule has 20 heavy (non-hydrogen) atoms. The van der Waals surface area contributed by atoms with Crippen LogP contribution in [0, 0.1) is 24.0 Å². The number of hydrogen-bond acceptors (Lipinski definition) is 4. The Bertz CT molecular complexity index is 605. The van der Waals surface area contributed by atoms with E-state index in [0.29, 0.717) is 16.5 Å². The van der Waals surface area contributed by atoms with Crippen molar-refractivity contribution in [3.05, 3.63) is 41.2 Å². The van der Waals surface area contributed by atoms with E-state index in [1.165, 1.54) is 23.7 Å². The van der Waals surface area contributed by atoms with Crippen molar-refractivity contribution >= 4 is 16.7 Å². The normalized spacial score (nSPS) is 13.3. The van der Waals surface area contributed by atoms with Gasteiger partial charge in [-0.2, -0.15) is 4.37 Å². The highest BCUT2D eigenvalue weighted by molar-refractivity contribution is 7.09. The summed E-state index contributed by atoms with van der Waals surface area (Å²) in [6.07, 6.45) is 0. The van der Waals surface area contributed by atoms with Gasteiger partial charge in [0, 0.05) is 23.2 Å². The third-order valence-electron chi connectivity index (χ3n) is 2.93. The first-order valence-corrected chi connectivity index (χ1v) is 7.06. The zero-order valence-corrected chi connectivity index (χ0v) is 12.7. The predicted octanol–water partition coefficient (Wildman–Crippen LogP) is 4.32. The first-order valence-electron chi connectivity index (χ1n) is 6.29. The first-order chi connectivity index (χ1) is 9.27. The lowest BCUT2D eigenvalue weighted by molar-refractivity contribution is 0.338. The summed E-state index contributed by atoms with van der Waals surface area (Å²) < 4.78 is 31.2. The van der Waals surface area contributed by atoms with Crippen molar-refractivity contribution in [2.24, 2.45) is 5.41 Å². The summed E-state index contributed by atoms with van der Waals surface area (Å²) in [6.45, 7) is 7.76. The number of nitrogens with one attached hydrogen (secondary N) is 1. The van der Waals surface area contributed by atoms with Gasteiger partial charge in [-0.25, -0.2) is 13.8 Å². The lowest BCUT2D eigenvalue weighted by atomic mass is 9.82. The molecule has 3 nitrogen and oxygen atoms in total. The van der Waals surface area contributed by atoms with Crippen molar-refractivity contribution in [2.75, 3.05) is 5.32 Å². The minimum Gasteiger partial charge on any atom is -0.353 e. The number of nitrogens with zero attached hydrogens (tertiary/aromatic N) is 2. The maximum atomic E-state index is 14.0. The summed E-state index contributed by atoms with van der Waals surface area (Å²) >= 11 is 1.23. The minimum absolute atomic E-state index is 0.266. The molecule has 0 aliphatic heterocycles. The van der Waals surface area contributed by atoms with Gasteiger partial charge in [0.05, 0.1) is 6.04 Å². The fourth-order valence-corrected chi connectivity index (χ4v) is 2.58. The van der Waals surface area contributed by atoms with Crippen molar-refractivity contribution < 1.29 is 8.78 Å². The second-order valence-corrected chi connectivity index (χ2v) is 6.51. The van der Waals surface area contributed by atoms with Gasteiger partial charge in [0.1, 0.15) is 17.5 Å². The molecule has 0 saturated heterocycles. The molecule has 0 amide bonds. The number of halogens is 2. The maximum Gasteiger partial charge on any atom is 0.203 e. The number of rotatable bonds is 3. The van der Waals surface area contributed by atoms with Crippen LogP contribution in [-0.2, 0) is 0 Å². The Morgan fingerprint density at radius 2 is 1.95 bits per heavy atom. The quantitative estimate of drug-likeness (QED) is 0.916. The second-order valence-electron chi connectivity index (χ2n) is 5.76. The fourth-order valence-electron chi connectivity index (χ4n) is 1.98. The summed E-state index contributed by atoms with van der Waals surface area (Å²) in [5, 5.41) is 3.83. The Kier molecular flexibility index (Phi) is 4.04. The average Bonchev–Trinajstić information content (AvgIpc) is 2.71. The van der Waals surface area contributed by atoms with E-state index >= 15 is 0 Å². The molecule has 0 radical (unpaired) electrons. The summed E-state index contributed by atoms with van der Waals surface area (Å²) in [4.78, 5) is 4.24. The van der Waals surface area contributed by atoms with Crippen LogP contribution in [0.5, 0.6) is 0 Å². The predicted molar refractivity (Wildman–Crippen MR) is 76.8 cm³/mol. The Morgan fingerprint density at radius 3 is 2.45 bits per heavy atom. The third kappa shape index (κ3) is 3.30. The maximum absolute atomic E-state index is 14.0. The Balaban J connectivity index is 2.37. The molecule has 6 heteroatoms. The van der Waals surface area contributed by atoms with Crippen molar-refractivity contribution in [3.8, 4) is 0 Å². The number of aryl methyl sites for hydroxylation is 1. The van der Waals surface area contributed by atoms with Gasteiger partial charge in [-0.3, -0.25) is 0 Å². The lowest BCUT2D eigenvalue weighted by Crippen LogP contribution is -2.26. The molecule has 1 atom stereocenters. The van der Waals surface area contributed by atoms with Gasteiger partial charge < -0.3 is 5.32 Å². The smallest absolute Gasteiger partial charge is 0.203 e. The van der Waals surface area contributed by atoms with Gasteiger partial charge >= 0.3 is 0 Å². The molecule has 0 bridgehead atoms. The highest BCUT2D eigenvalue weighted by Gasteiger charge is 2.29. The summed E-state index contributed by atoms with van der Waals surface area (Å²) in [5.74, 6) is -0.464. The molecular formula is C14H17F2N3S. The molecule has 1 aromatic heterocycles. The number of benzene rings is 1. The van der Waals surface area contributed by atoms with Crippen molar-refractivity contribution in [3.63, 3.8) is 0 Å². The zero-order chi connectivity index (χ0) is 14.9. The fraction of sp³-hybridized carbons (Fsp3) is 0.429. The van der Waals surface area contributed by atoms with Crippen LogP contribution < -0.4 is 5.32 Å². The Morgan fingerprint density at radius 1 is 1.25 bits per heavy atom. The second kappa shape index (κ2) is 5.44. The molecule has 0 fully saturated rings. The van der Waals surface area contributed by atoms with Crippen LogP contribution in [0.15, 0.2) is 18.2 Å². The standard InChI is InChI=1S/C14H17F2N3S/c1-8-17-13(20-19-8)18-12(14(2,3)4)10-6-5-9(15)7-11(10)16/h5-7,12H,1-4H3,(H,17,18,19). The molecule has 0 saturated carbocycles. The highest BCUT2D eigenvalue weighted by atomic mass is 32.1. The van der Waals surface area contributed by atoms with Gasteiger partial charge in [-0.05, 0) is 18.4 Å². The Labute approximate surface area is 121 Å². The highest BCUT2D eigenvalue weighted by Crippen LogP contribution is 2.37. The first kappa shape index (κ1) is 14.8. The molecule has 0 spiro atoms. The van der Waals surface area contributed by atoms with Crippen LogP contribution in [0.2, 0.25) is 0 Å². The molecule has 1 unspecified atom stereocenters. The van der Waals surface area contributed by atoms with E-state index in [4.69, 9.17) is 0 Å². The molecule has 0 aliphatic carbocycles.